The van der Waals surface area contributed by atoms with E-state index in [1.165, 1.54) is 0 Å². The average molecular weight is 172 g/mol. The summed E-state index contributed by atoms with van der Waals surface area (Å²) in [5.41, 5.74) is 0.188. The Labute approximate surface area is 68.0 Å². The molecule has 3 heteroatoms. The van der Waals surface area contributed by atoms with Gasteiger partial charge in [0.05, 0.1) is 0 Å². The van der Waals surface area contributed by atoms with Crippen LogP contribution in [-0.4, -0.2) is 0 Å². The van der Waals surface area contributed by atoms with Gasteiger partial charge in [-0.25, -0.2) is 13.2 Å². The van der Waals surface area contributed by atoms with Gasteiger partial charge in [-0.2, -0.15) is 0 Å². The van der Waals surface area contributed by atoms with Crippen molar-refractivity contribution < 1.29 is 13.2 Å². The average Bonchev–Trinajstić information content (AvgIpc) is 2.79. The first-order valence-corrected chi connectivity index (χ1v) is 3.83. The van der Waals surface area contributed by atoms with Crippen LogP contribution in [0.3, 0.4) is 0 Å². The highest BCUT2D eigenvalue weighted by molar-refractivity contribution is 5.27. The molecule has 1 aromatic carbocycles. The Morgan fingerprint density at radius 3 is 2.33 bits per heavy atom. The molecule has 0 amide bonds. The van der Waals surface area contributed by atoms with E-state index in [0.29, 0.717) is 6.07 Å². The molecule has 1 aromatic rings. The number of hydrogen-bond acceptors (Lipinski definition) is 0. The van der Waals surface area contributed by atoms with Gasteiger partial charge in [-0.15, -0.1) is 0 Å². The highest BCUT2D eigenvalue weighted by Crippen LogP contribution is 2.41. The molecule has 0 unspecified atom stereocenters. The minimum atomic E-state index is -1.09. The van der Waals surface area contributed by atoms with Crippen LogP contribution in [-0.2, 0) is 0 Å². The molecule has 1 aliphatic carbocycles. The van der Waals surface area contributed by atoms with E-state index in [1.54, 1.807) is 0 Å². The van der Waals surface area contributed by atoms with Crippen molar-refractivity contribution in [3.05, 3.63) is 35.1 Å². The highest BCUT2D eigenvalue weighted by Gasteiger charge is 2.28. The minimum absolute atomic E-state index is 0.0372. The number of benzene rings is 1. The smallest absolute Gasteiger partial charge is 0.162 e. The van der Waals surface area contributed by atoms with Gasteiger partial charge in [-0.3, -0.25) is 0 Å². The van der Waals surface area contributed by atoms with Gasteiger partial charge in [0.25, 0.3) is 0 Å². The summed E-state index contributed by atoms with van der Waals surface area (Å²) in [7, 11) is 0. The summed E-state index contributed by atoms with van der Waals surface area (Å²) < 4.78 is 38.1. The first-order chi connectivity index (χ1) is 5.68. The Balaban J connectivity index is 2.51. The maximum absolute atomic E-state index is 12.9. The fourth-order valence-corrected chi connectivity index (χ4v) is 1.27. The zero-order valence-corrected chi connectivity index (χ0v) is 6.28. The maximum atomic E-state index is 12.9. The summed E-state index contributed by atoms with van der Waals surface area (Å²) in [6.45, 7) is 0. The van der Waals surface area contributed by atoms with Crippen LogP contribution in [0.2, 0.25) is 0 Å². The fourth-order valence-electron chi connectivity index (χ4n) is 1.27. The van der Waals surface area contributed by atoms with Crippen molar-refractivity contribution in [2.75, 3.05) is 0 Å². The van der Waals surface area contributed by atoms with E-state index in [-0.39, 0.29) is 11.5 Å². The van der Waals surface area contributed by atoms with Crippen molar-refractivity contribution in [3.8, 4) is 0 Å². The molecule has 1 fully saturated rings. The minimum Gasteiger partial charge on any atom is -0.207 e. The van der Waals surface area contributed by atoms with Crippen molar-refractivity contribution in [1.29, 1.82) is 0 Å². The van der Waals surface area contributed by atoms with Crippen molar-refractivity contribution in [1.82, 2.24) is 0 Å². The van der Waals surface area contributed by atoms with E-state index >= 15 is 0 Å². The van der Waals surface area contributed by atoms with Gasteiger partial charge >= 0.3 is 0 Å². The second-order valence-corrected chi connectivity index (χ2v) is 3.07. The quantitative estimate of drug-likeness (QED) is 0.571. The Hall–Kier alpha value is -0.990. The van der Waals surface area contributed by atoms with Gasteiger partial charge in [-0.1, -0.05) is 0 Å². The molecule has 0 atom stereocenters. The van der Waals surface area contributed by atoms with Crippen molar-refractivity contribution in [2.45, 2.75) is 18.8 Å². The van der Waals surface area contributed by atoms with E-state index in [1.807, 2.05) is 0 Å². The molecule has 0 heterocycles. The monoisotopic (exact) mass is 172 g/mol. The predicted octanol–water partition coefficient (Wildman–Crippen LogP) is 2.98. The van der Waals surface area contributed by atoms with Crippen LogP contribution in [0, 0.1) is 17.5 Å². The molecule has 0 bridgehead atoms. The van der Waals surface area contributed by atoms with Crippen LogP contribution in [0.15, 0.2) is 12.1 Å². The van der Waals surface area contributed by atoms with Crippen molar-refractivity contribution in [3.63, 3.8) is 0 Å². The second kappa shape index (κ2) is 2.51. The lowest BCUT2D eigenvalue weighted by atomic mass is 10.1. The fraction of sp³-hybridized carbons (Fsp3) is 0.333. The van der Waals surface area contributed by atoms with Crippen molar-refractivity contribution in [2.24, 2.45) is 0 Å². The molecule has 0 radical (unpaired) electrons. The van der Waals surface area contributed by atoms with Crippen LogP contribution in [0.5, 0.6) is 0 Å². The number of halogens is 3. The number of rotatable bonds is 1. The lowest BCUT2D eigenvalue weighted by Gasteiger charge is -2.01. The van der Waals surface area contributed by atoms with Crippen LogP contribution < -0.4 is 0 Å². The molecule has 0 aromatic heterocycles. The first-order valence-electron chi connectivity index (χ1n) is 3.83. The molecule has 0 nitrogen and oxygen atoms in total. The second-order valence-electron chi connectivity index (χ2n) is 3.07. The van der Waals surface area contributed by atoms with E-state index in [2.05, 4.69) is 0 Å². The molecule has 0 spiro atoms. The summed E-state index contributed by atoms with van der Waals surface area (Å²) >= 11 is 0. The third-order valence-corrected chi connectivity index (χ3v) is 2.04. The zero-order chi connectivity index (χ0) is 8.72. The lowest BCUT2D eigenvalue weighted by molar-refractivity contribution is 0.485. The van der Waals surface area contributed by atoms with E-state index < -0.39 is 17.5 Å². The standard InChI is InChI=1S/C9H7F3/c10-6-3-7(5-1-2-5)9(12)8(11)4-6/h3-5H,1-2H2. The molecule has 1 aliphatic rings. The molecule has 12 heavy (non-hydrogen) atoms. The van der Waals surface area contributed by atoms with Gasteiger partial charge in [-0.05, 0) is 30.4 Å². The van der Waals surface area contributed by atoms with E-state index in [4.69, 9.17) is 0 Å². The van der Waals surface area contributed by atoms with Gasteiger partial charge in [0.2, 0.25) is 0 Å². The molecule has 1 saturated carbocycles. The summed E-state index contributed by atoms with van der Waals surface area (Å²) in [6, 6.07) is 1.65. The number of hydrogen-bond donors (Lipinski definition) is 0. The molecule has 0 saturated heterocycles. The van der Waals surface area contributed by atoms with Gasteiger partial charge in [0, 0.05) is 6.07 Å². The summed E-state index contributed by atoms with van der Waals surface area (Å²) in [6.07, 6.45) is 1.67. The molecular formula is C9H7F3. The highest BCUT2D eigenvalue weighted by atomic mass is 19.2. The Bertz CT molecular complexity index is 316. The van der Waals surface area contributed by atoms with Crippen LogP contribution >= 0.6 is 0 Å². The Kier molecular flexibility index (Phi) is 1.60. The third-order valence-electron chi connectivity index (χ3n) is 2.04. The Morgan fingerprint density at radius 2 is 1.75 bits per heavy atom. The Morgan fingerprint density at radius 1 is 1.08 bits per heavy atom. The molecule has 64 valence electrons. The zero-order valence-electron chi connectivity index (χ0n) is 6.28. The molecule has 2 rings (SSSR count). The van der Waals surface area contributed by atoms with Gasteiger partial charge in [0.15, 0.2) is 11.6 Å². The topological polar surface area (TPSA) is 0 Å². The van der Waals surface area contributed by atoms with Gasteiger partial charge in [0.1, 0.15) is 5.82 Å². The van der Waals surface area contributed by atoms with Crippen molar-refractivity contribution >= 4 is 0 Å². The third kappa shape index (κ3) is 1.19. The SMILES string of the molecule is Fc1cc(F)c(F)c(C2CC2)c1. The van der Waals surface area contributed by atoms with Crippen LogP contribution in [0.1, 0.15) is 24.3 Å². The van der Waals surface area contributed by atoms with Gasteiger partial charge < -0.3 is 0 Å². The molecule has 0 N–H and O–H groups in total. The van der Waals surface area contributed by atoms with Crippen LogP contribution in [0.4, 0.5) is 13.2 Å². The van der Waals surface area contributed by atoms with Crippen LogP contribution in [0.25, 0.3) is 0 Å². The first kappa shape index (κ1) is 7.65. The maximum Gasteiger partial charge on any atom is 0.162 e. The van der Waals surface area contributed by atoms with E-state index in [9.17, 15) is 13.2 Å². The normalized spacial score (nSPS) is 16.6. The predicted molar refractivity (Wildman–Crippen MR) is 38.3 cm³/mol. The summed E-state index contributed by atoms with van der Waals surface area (Å²) in [5.74, 6) is -2.64. The molecular weight excluding hydrogens is 165 g/mol. The summed E-state index contributed by atoms with van der Waals surface area (Å²) in [4.78, 5) is 0. The summed E-state index contributed by atoms with van der Waals surface area (Å²) in [5, 5.41) is 0. The van der Waals surface area contributed by atoms with E-state index in [0.717, 1.165) is 18.9 Å². The lowest BCUT2D eigenvalue weighted by Crippen LogP contribution is -1.94. The molecule has 0 aliphatic heterocycles. The largest absolute Gasteiger partial charge is 0.207 e.